The number of nitriles is 1. The number of imidazole rings is 1. The summed E-state index contributed by atoms with van der Waals surface area (Å²) < 4.78 is 0. The zero-order chi connectivity index (χ0) is 14.2. The van der Waals surface area contributed by atoms with Crippen LogP contribution in [0.1, 0.15) is 5.56 Å². The summed E-state index contributed by atoms with van der Waals surface area (Å²) in [6.45, 7) is 0. The minimum Gasteiger partial charge on any atom is -0.335 e. The van der Waals surface area contributed by atoms with Crippen molar-refractivity contribution in [2.75, 3.05) is 0 Å². The summed E-state index contributed by atoms with van der Waals surface area (Å²) in [6.07, 6.45) is 1.61. The highest BCUT2D eigenvalue weighted by Gasteiger charge is 2.11. The van der Waals surface area contributed by atoms with E-state index in [1.165, 1.54) is 0 Å². The van der Waals surface area contributed by atoms with Crippen LogP contribution in [0.5, 0.6) is 0 Å². The molecule has 4 heteroatoms. The predicted octanol–water partition coefficient (Wildman–Crippen LogP) is 3.65. The second kappa shape index (κ2) is 4.43. The lowest BCUT2D eigenvalue weighted by atomic mass is 10.0. The first-order valence-electron chi connectivity index (χ1n) is 6.60. The maximum absolute atomic E-state index is 9.16. The molecule has 1 N–H and O–H groups in total. The number of aromatic nitrogens is 3. The van der Waals surface area contributed by atoms with Crippen molar-refractivity contribution in [3.05, 3.63) is 60.3 Å². The first-order chi connectivity index (χ1) is 10.4. The Balaban J connectivity index is 2.03. The van der Waals surface area contributed by atoms with E-state index in [1.807, 2.05) is 24.3 Å². The predicted molar refractivity (Wildman–Crippen MR) is 81.5 cm³/mol. The van der Waals surface area contributed by atoms with E-state index in [2.05, 4.69) is 39.2 Å². The van der Waals surface area contributed by atoms with Gasteiger partial charge in [0.25, 0.3) is 0 Å². The molecule has 0 fully saturated rings. The normalized spacial score (nSPS) is 10.8. The summed E-state index contributed by atoms with van der Waals surface area (Å²) in [4.78, 5) is 12.0. The van der Waals surface area contributed by atoms with Gasteiger partial charge in [0.05, 0.1) is 5.56 Å². The van der Waals surface area contributed by atoms with Crippen LogP contribution in [-0.2, 0) is 0 Å². The van der Waals surface area contributed by atoms with E-state index in [0.29, 0.717) is 16.7 Å². The molecule has 2 aromatic heterocycles. The van der Waals surface area contributed by atoms with Crippen LogP contribution in [0, 0.1) is 11.3 Å². The number of hydrogen-bond acceptors (Lipinski definition) is 3. The van der Waals surface area contributed by atoms with Crippen LogP contribution in [0.3, 0.4) is 0 Å². The van der Waals surface area contributed by atoms with Gasteiger partial charge in [0.2, 0.25) is 0 Å². The molecule has 0 bridgehead atoms. The first-order valence-corrected chi connectivity index (χ1v) is 6.60. The van der Waals surface area contributed by atoms with Gasteiger partial charge in [-0.3, -0.25) is 0 Å². The maximum Gasteiger partial charge on any atom is 0.179 e. The molecule has 2 heterocycles. The number of nitrogens with one attached hydrogen (secondary N) is 1. The van der Waals surface area contributed by atoms with Crippen molar-refractivity contribution in [2.45, 2.75) is 0 Å². The smallest absolute Gasteiger partial charge is 0.179 e. The number of nitrogens with zero attached hydrogens (tertiary/aromatic N) is 3. The molecule has 0 spiro atoms. The number of hydrogen-bond donors (Lipinski definition) is 1. The standard InChI is InChI=1S/C17H10N4/c18-10-12-8-9-19-17-15(12)20-16(21-17)14-7-3-5-11-4-1-2-6-13(11)14/h1-9H,(H,19,20,21). The SMILES string of the molecule is N#Cc1ccnc2nc(-c3cccc4ccccc34)[nH]c12. The van der Waals surface area contributed by atoms with Crippen LogP contribution in [0.4, 0.5) is 0 Å². The van der Waals surface area contributed by atoms with E-state index in [1.54, 1.807) is 12.3 Å². The third-order valence-electron chi connectivity index (χ3n) is 3.56. The summed E-state index contributed by atoms with van der Waals surface area (Å²) in [5.74, 6) is 0.733. The van der Waals surface area contributed by atoms with Gasteiger partial charge < -0.3 is 4.98 Å². The number of fused-ring (bicyclic) bond motifs is 2. The Bertz CT molecular complexity index is 1000. The lowest BCUT2D eigenvalue weighted by molar-refractivity contribution is 1.31. The number of benzene rings is 2. The Hall–Kier alpha value is -3.19. The van der Waals surface area contributed by atoms with Gasteiger partial charge in [-0.1, -0.05) is 42.5 Å². The lowest BCUT2D eigenvalue weighted by Crippen LogP contribution is -1.83. The van der Waals surface area contributed by atoms with Crippen LogP contribution in [0.25, 0.3) is 33.3 Å². The summed E-state index contributed by atoms with van der Waals surface area (Å²) in [5, 5.41) is 11.4. The van der Waals surface area contributed by atoms with Crippen molar-refractivity contribution in [3.8, 4) is 17.5 Å². The number of H-pyrrole nitrogens is 1. The van der Waals surface area contributed by atoms with Crippen molar-refractivity contribution in [2.24, 2.45) is 0 Å². The van der Waals surface area contributed by atoms with E-state index in [-0.39, 0.29) is 0 Å². The topological polar surface area (TPSA) is 65.4 Å². The molecular formula is C17H10N4. The average Bonchev–Trinajstić information content (AvgIpc) is 2.98. The summed E-state index contributed by atoms with van der Waals surface area (Å²) in [6, 6.07) is 18.1. The highest BCUT2D eigenvalue weighted by Crippen LogP contribution is 2.28. The van der Waals surface area contributed by atoms with Crippen molar-refractivity contribution >= 4 is 21.9 Å². The van der Waals surface area contributed by atoms with Crippen LogP contribution in [0.15, 0.2) is 54.7 Å². The molecule has 2 aromatic carbocycles. The third kappa shape index (κ3) is 1.76. The van der Waals surface area contributed by atoms with Crippen molar-refractivity contribution in [1.29, 1.82) is 5.26 Å². The van der Waals surface area contributed by atoms with Crippen LogP contribution in [-0.4, -0.2) is 15.0 Å². The Morgan fingerprint density at radius 2 is 1.86 bits per heavy atom. The van der Waals surface area contributed by atoms with E-state index in [9.17, 15) is 0 Å². The maximum atomic E-state index is 9.16. The van der Waals surface area contributed by atoms with Crippen LogP contribution < -0.4 is 0 Å². The molecule has 4 rings (SSSR count). The highest BCUT2D eigenvalue weighted by atomic mass is 15.0. The van der Waals surface area contributed by atoms with Gasteiger partial charge in [0, 0.05) is 11.8 Å². The quantitative estimate of drug-likeness (QED) is 0.574. The molecule has 0 saturated heterocycles. The Morgan fingerprint density at radius 1 is 1.00 bits per heavy atom. The second-order valence-electron chi connectivity index (χ2n) is 4.78. The third-order valence-corrected chi connectivity index (χ3v) is 3.56. The highest BCUT2D eigenvalue weighted by molar-refractivity contribution is 5.96. The Morgan fingerprint density at radius 3 is 2.76 bits per heavy atom. The van der Waals surface area contributed by atoms with E-state index in [4.69, 9.17) is 5.26 Å². The van der Waals surface area contributed by atoms with Gasteiger partial charge in [-0.15, -0.1) is 0 Å². The van der Waals surface area contributed by atoms with Gasteiger partial charge in [-0.2, -0.15) is 5.26 Å². The summed E-state index contributed by atoms with van der Waals surface area (Å²) in [7, 11) is 0. The Kier molecular flexibility index (Phi) is 2.45. The molecule has 0 saturated carbocycles. The fourth-order valence-corrected chi connectivity index (χ4v) is 2.56. The minimum absolute atomic E-state index is 0.555. The Labute approximate surface area is 120 Å². The lowest BCUT2D eigenvalue weighted by Gasteiger charge is -2.03. The first kappa shape index (κ1) is 11.6. The zero-order valence-corrected chi connectivity index (χ0v) is 11.0. The van der Waals surface area contributed by atoms with E-state index >= 15 is 0 Å². The molecule has 4 aromatic rings. The van der Waals surface area contributed by atoms with E-state index in [0.717, 1.165) is 22.2 Å². The summed E-state index contributed by atoms with van der Waals surface area (Å²) >= 11 is 0. The molecule has 0 atom stereocenters. The van der Waals surface area contributed by atoms with Crippen molar-refractivity contribution in [1.82, 2.24) is 15.0 Å². The average molecular weight is 270 g/mol. The fraction of sp³-hybridized carbons (Fsp3) is 0. The van der Waals surface area contributed by atoms with Crippen LogP contribution >= 0.6 is 0 Å². The monoisotopic (exact) mass is 270 g/mol. The second-order valence-corrected chi connectivity index (χ2v) is 4.78. The number of aromatic amines is 1. The van der Waals surface area contributed by atoms with Crippen molar-refractivity contribution in [3.63, 3.8) is 0 Å². The van der Waals surface area contributed by atoms with Gasteiger partial charge >= 0.3 is 0 Å². The largest absolute Gasteiger partial charge is 0.335 e. The van der Waals surface area contributed by atoms with Gasteiger partial charge in [0.1, 0.15) is 17.4 Å². The molecule has 98 valence electrons. The zero-order valence-electron chi connectivity index (χ0n) is 11.0. The van der Waals surface area contributed by atoms with Crippen molar-refractivity contribution < 1.29 is 0 Å². The molecule has 0 amide bonds. The number of pyridine rings is 1. The minimum atomic E-state index is 0.555. The molecular weight excluding hydrogens is 260 g/mol. The molecule has 0 aliphatic rings. The van der Waals surface area contributed by atoms with Gasteiger partial charge in [0.15, 0.2) is 5.65 Å². The van der Waals surface area contributed by atoms with Crippen LogP contribution in [0.2, 0.25) is 0 Å². The molecule has 4 nitrogen and oxygen atoms in total. The van der Waals surface area contributed by atoms with Gasteiger partial charge in [-0.25, -0.2) is 9.97 Å². The molecule has 0 aliphatic carbocycles. The fourth-order valence-electron chi connectivity index (χ4n) is 2.56. The van der Waals surface area contributed by atoms with Gasteiger partial charge in [-0.05, 0) is 16.8 Å². The number of rotatable bonds is 1. The molecule has 0 aliphatic heterocycles. The molecule has 0 radical (unpaired) electrons. The summed E-state index contributed by atoms with van der Waals surface area (Å²) in [5.41, 5.74) is 2.81. The molecule has 0 unspecified atom stereocenters. The molecule has 21 heavy (non-hydrogen) atoms. The van der Waals surface area contributed by atoms with E-state index < -0.39 is 0 Å².